The SMILES string of the molecule is COc1ccc(C(=O)NC(C)c2cn[nH]c2)cc1. The normalized spacial score (nSPS) is 11.9. The summed E-state index contributed by atoms with van der Waals surface area (Å²) in [5.41, 5.74) is 1.54. The van der Waals surface area contributed by atoms with Crippen LogP contribution in [0.15, 0.2) is 36.7 Å². The number of nitrogens with one attached hydrogen (secondary N) is 2. The number of amides is 1. The van der Waals surface area contributed by atoms with Crippen LogP contribution in [0, 0.1) is 0 Å². The Bertz CT molecular complexity index is 506. The van der Waals surface area contributed by atoms with Gasteiger partial charge in [-0.3, -0.25) is 9.89 Å². The average Bonchev–Trinajstić information content (AvgIpc) is 2.92. The lowest BCUT2D eigenvalue weighted by Crippen LogP contribution is -2.26. The van der Waals surface area contributed by atoms with Crippen molar-refractivity contribution in [1.29, 1.82) is 0 Å². The fraction of sp³-hybridized carbons (Fsp3) is 0.231. The highest BCUT2D eigenvalue weighted by Crippen LogP contribution is 2.13. The number of carbonyl (C=O) groups is 1. The van der Waals surface area contributed by atoms with E-state index < -0.39 is 0 Å². The highest BCUT2D eigenvalue weighted by Gasteiger charge is 2.11. The number of carbonyl (C=O) groups excluding carboxylic acids is 1. The van der Waals surface area contributed by atoms with Crippen LogP contribution in [-0.4, -0.2) is 23.2 Å². The van der Waals surface area contributed by atoms with Gasteiger partial charge in [0.2, 0.25) is 0 Å². The molecule has 1 aromatic carbocycles. The van der Waals surface area contributed by atoms with E-state index in [1.807, 2.05) is 6.92 Å². The molecule has 0 bridgehead atoms. The first-order valence-corrected chi connectivity index (χ1v) is 5.64. The van der Waals surface area contributed by atoms with E-state index in [9.17, 15) is 4.79 Å². The summed E-state index contributed by atoms with van der Waals surface area (Å²) in [7, 11) is 1.59. The minimum absolute atomic E-state index is 0.0849. The lowest BCUT2D eigenvalue weighted by Gasteiger charge is -2.12. The van der Waals surface area contributed by atoms with Gasteiger partial charge in [0.1, 0.15) is 5.75 Å². The standard InChI is InChI=1S/C13H15N3O2/c1-9(11-7-14-15-8-11)16-13(17)10-3-5-12(18-2)6-4-10/h3-9H,1-2H3,(H,14,15)(H,16,17). The summed E-state index contributed by atoms with van der Waals surface area (Å²) >= 11 is 0. The van der Waals surface area contributed by atoms with Crippen LogP contribution in [0.3, 0.4) is 0 Å². The molecule has 1 unspecified atom stereocenters. The molecule has 0 aliphatic heterocycles. The molecular formula is C13H15N3O2. The predicted molar refractivity (Wildman–Crippen MR) is 67.5 cm³/mol. The third kappa shape index (κ3) is 2.68. The number of rotatable bonds is 4. The van der Waals surface area contributed by atoms with Crippen molar-refractivity contribution < 1.29 is 9.53 Å². The molecule has 18 heavy (non-hydrogen) atoms. The van der Waals surface area contributed by atoms with Gasteiger partial charge in [0, 0.05) is 17.3 Å². The summed E-state index contributed by atoms with van der Waals surface area (Å²) < 4.78 is 5.04. The summed E-state index contributed by atoms with van der Waals surface area (Å²) in [5, 5.41) is 9.47. The maximum Gasteiger partial charge on any atom is 0.251 e. The molecule has 0 saturated heterocycles. The Hall–Kier alpha value is -2.30. The minimum Gasteiger partial charge on any atom is -0.497 e. The van der Waals surface area contributed by atoms with Gasteiger partial charge in [-0.05, 0) is 31.2 Å². The van der Waals surface area contributed by atoms with Crippen molar-refractivity contribution in [3.05, 3.63) is 47.8 Å². The van der Waals surface area contributed by atoms with E-state index in [1.165, 1.54) is 0 Å². The van der Waals surface area contributed by atoms with Crippen LogP contribution in [-0.2, 0) is 0 Å². The molecule has 0 aliphatic carbocycles. The van der Waals surface area contributed by atoms with Crippen LogP contribution < -0.4 is 10.1 Å². The predicted octanol–water partition coefficient (Wildman–Crippen LogP) is 1.91. The molecule has 5 heteroatoms. The third-order valence-electron chi connectivity index (χ3n) is 2.72. The van der Waals surface area contributed by atoms with Gasteiger partial charge >= 0.3 is 0 Å². The van der Waals surface area contributed by atoms with Gasteiger partial charge in [-0.1, -0.05) is 0 Å². The van der Waals surface area contributed by atoms with Crippen molar-refractivity contribution in [3.8, 4) is 5.75 Å². The number of hydrogen-bond acceptors (Lipinski definition) is 3. The molecule has 1 amide bonds. The Morgan fingerprint density at radius 3 is 2.67 bits per heavy atom. The van der Waals surface area contributed by atoms with Gasteiger partial charge in [0.05, 0.1) is 19.3 Å². The largest absolute Gasteiger partial charge is 0.497 e. The lowest BCUT2D eigenvalue weighted by molar-refractivity contribution is 0.0940. The Labute approximate surface area is 105 Å². The van der Waals surface area contributed by atoms with Crippen LogP contribution >= 0.6 is 0 Å². The maximum absolute atomic E-state index is 12.0. The molecule has 0 aliphatic rings. The molecular weight excluding hydrogens is 230 g/mol. The number of nitrogens with zero attached hydrogens (tertiary/aromatic N) is 1. The number of hydrogen-bond donors (Lipinski definition) is 2. The van der Waals surface area contributed by atoms with E-state index in [-0.39, 0.29) is 11.9 Å². The van der Waals surface area contributed by atoms with Gasteiger partial charge in [-0.25, -0.2) is 0 Å². The third-order valence-corrected chi connectivity index (χ3v) is 2.72. The number of methoxy groups -OCH3 is 1. The Morgan fingerprint density at radius 1 is 1.39 bits per heavy atom. The highest BCUT2D eigenvalue weighted by atomic mass is 16.5. The van der Waals surface area contributed by atoms with Gasteiger partial charge in [0.15, 0.2) is 0 Å². The van der Waals surface area contributed by atoms with Gasteiger partial charge in [-0.2, -0.15) is 5.10 Å². The van der Waals surface area contributed by atoms with Gasteiger partial charge in [0.25, 0.3) is 5.91 Å². The zero-order chi connectivity index (χ0) is 13.0. The van der Waals surface area contributed by atoms with Crippen molar-refractivity contribution in [2.24, 2.45) is 0 Å². The molecule has 2 N–H and O–H groups in total. The molecule has 1 heterocycles. The first-order valence-electron chi connectivity index (χ1n) is 5.64. The van der Waals surface area contributed by atoms with Crippen molar-refractivity contribution in [1.82, 2.24) is 15.5 Å². The Morgan fingerprint density at radius 2 is 2.11 bits per heavy atom. The summed E-state index contributed by atoms with van der Waals surface area (Å²) in [6.45, 7) is 1.91. The zero-order valence-corrected chi connectivity index (χ0v) is 10.3. The van der Waals surface area contributed by atoms with Crippen LogP contribution in [0.25, 0.3) is 0 Å². The Kier molecular flexibility index (Phi) is 3.62. The molecule has 2 aromatic rings. The molecule has 2 rings (SSSR count). The lowest BCUT2D eigenvalue weighted by atomic mass is 10.1. The minimum atomic E-state index is -0.119. The molecule has 1 aromatic heterocycles. The molecule has 0 radical (unpaired) electrons. The van der Waals surface area contributed by atoms with E-state index >= 15 is 0 Å². The van der Waals surface area contributed by atoms with Crippen molar-refractivity contribution in [2.45, 2.75) is 13.0 Å². The monoisotopic (exact) mass is 245 g/mol. The van der Waals surface area contributed by atoms with Crippen molar-refractivity contribution in [2.75, 3.05) is 7.11 Å². The van der Waals surface area contributed by atoms with Crippen molar-refractivity contribution in [3.63, 3.8) is 0 Å². The van der Waals surface area contributed by atoms with Gasteiger partial charge < -0.3 is 10.1 Å². The maximum atomic E-state index is 12.0. The quantitative estimate of drug-likeness (QED) is 0.864. The molecule has 0 spiro atoms. The summed E-state index contributed by atoms with van der Waals surface area (Å²) in [6.07, 6.45) is 3.46. The second-order valence-electron chi connectivity index (χ2n) is 3.96. The van der Waals surface area contributed by atoms with E-state index in [0.717, 1.165) is 11.3 Å². The number of aromatic amines is 1. The van der Waals surface area contributed by atoms with E-state index in [0.29, 0.717) is 5.56 Å². The van der Waals surface area contributed by atoms with Gasteiger partial charge in [-0.15, -0.1) is 0 Å². The smallest absolute Gasteiger partial charge is 0.251 e. The van der Waals surface area contributed by atoms with Crippen LogP contribution in [0.4, 0.5) is 0 Å². The van der Waals surface area contributed by atoms with Crippen molar-refractivity contribution >= 4 is 5.91 Å². The first kappa shape index (κ1) is 12.2. The first-order chi connectivity index (χ1) is 8.70. The average molecular weight is 245 g/mol. The fourth-order valence-corrected chi connectivity index (χ4v) is 1.60. The second-order valence-corrected chi connectivity index (χ2v) is 3.96. The van der Waals surface area contributed by atoms with Crippen LogP contribution in [0.2, 0.25) is 0 Å². The second kappa shape index (κ2) is 5.35. The van der Waals surface area contributed by atoms with E-state index in [2.05, 4.69) is 15.5 Å². The molecule has 94 valence electrons. The summed E-state index contributed by atoms with van der Waals surface area (Å²) in [6, 6.07) is 6.90. The molecule has 0 saturated carbocycles. The molecule has 1 atom stereocenters. The molecule has 0 fully saturated rings. The van der Waals surface area contributed by atoms with E-state index in [1.54, 1.807) is 43.8 Å². The summed E-state index contributed by atoms with van der Waals surface area (Å²) in [4.78, 5) is 12.0. The zero-order valence-electron chi connectivity index (χ0n) is 10.3. The van der Waals surface area contributed by atoms with Crippen LogP contribution in [0.1, 0.15) is 28.9 Å². The number of H-pyrrole nitrogens is 1. The fourth-order valence-electron chi connectivity index (χ4n) is 1.60. The Balaban J connectivity index is 2.03. The highest BCUT2D eigenvalue weighted by molar-refractivity contribution is 5.94. The van der Waals surface area contributed by atoms with Crippen LogP contribution in [0.5, 0.6) is 5.75 Å². The topological polar surface area (TPSA) is 67.0 Å². The molecule has 5 nitrogen and oxygen atoms in total. The number of ether oxygens (including phenoxy) is 1. The summed E-state index contributed by atoms with van der Waals surface area (Å²) in [5.74, 6) is 0.612. The van der Waals surface area contributed by atoms with E-state index in [4.69, 9.17) is 4.74 Å². The number of benzene rings is 1. The number of aromatic nitrogens is 2.